The lowest BCUT2D eigenvalue weighted by Gasteiger charge is -2.16. The van der Waals surface area contributed by atoms with Crippen molar-refractivity contribution in [3.63, 3.8) is 0 Å². The van der Waals surface area contributed by atoms with Gasteiger partial charge in [-0.25, -0.2) is 0 Å². The lowest BCUT2D eigenvalue weighted by Crippen LogP contribution is -2.31. The Kier molecular flexibility index (Phi) is 9.37. The zero-order chi connectivity index (χ0) is 32.8. The Morgan fingerprint density at radius 3 is 2.34 bits per heavy atom. The number of allylic oxidation sites excluding steroid dienone is 2. The molecule has 0 fully saturated rings. The molecule has 0 bridgehead atoms. The van der Waals surface area contributed by atoms with Crippen molar-refractivity contribution in [1.82, 2.24) is 20.4 Å². The molecular formula is C35H31F3N4O5. The van der Waals surface area contributed by atoms with Crippen LogP contribution in [0.25, 0.3) is 10.8 Å². The zero-order valence-electron chi connectivity index (χ0n) is 25.4. The summed E-state index contributed by atoms with van der Waals surface area (Å²) in [4.78, 5) is 22.1. The molecule has 2 heterocycles. The van der Waals surface area contributed by atoms with Crippen molar-refractivity contribution in [3.05, 3.63) is 114 Å². The number of carbonyl (C=O) groups is 1. The van der Waals surface area contributed by atoms with Gasteiger partial charge >= 0.3 is 6.36 Å². The Hall–Kier alpha value is -5.39. The second-order valence-electron chi connectivity index (χ2n) is 11.2. The van der Waals surface area contributed by atoms with Crippen LogP contribution >= 0.6 is 0 Å². The minimum atomic E-state index is -4.78. The van der Waals surface area contributed by atoms with Crippen LogP contribution in [0.2, 0.25) is 0 Å². The van der Waals surface area contributed by atoms with Crippen LogP contribution in [0, 0.1) is 12.8 Å². The maximum atomic E-state index is 13.4. The average molecular weight is 645 g/mol. The van der Waals surface area contributed by atoms with E-state index >= 15 is 0 Å². The third-order valence-electron chi connectivity index (χ3n) is 7.63. The summed E-state index contributed by atoms with van der Waals surface area (Å²) in [5.41, 5.74) is 1.09. The van der Waals surface area contributed by atoms with Gasteiger partial charge in [-0.2, -0.15) is 4.98 Å². The highest BCUT2D eigenvalue weighted by molar-refractivity contribution is 5.96. The molecule has 1 N–H and O–H groups in total. The van der Waals surface area contributed by atoms with E-state index in [9.17, 15) is 18.0 Å². The number of hydrogen-bond acceptors (Lipinski definition) is 8. The summed E-state index contributed by atoms with van der Waals surface area (Å²) < 4.78 is 58.5. The van der Waals surface area contributed by atoms with Gasteiger partial charge in [0.05, 0.1) is 6.61 Å². The van der Waals surface area contributed by atoms with E-state index in [4.69, 9.17) is 14.0 Å². The molecule has 5 aromatic rings. The van der Waals surface area contributed by atoms with Gasteiger partial charge in [-0.1, -0.05) is 29.4 Å². The highest BCUT2D eigenvalue weighted by Gasteiger charge is 2.31. The maximum Gasteiger partial charge on any atom is 0.573 e. The predicted octanol–water partition coefficient (Wildman–Crippen LogP) is 8.07. The summed E-state index contributed by atoms with van der Waals surface area (Å²) in [6, 6.07) is 19.0. The lowest BCUT2D eigenvalue weighted by molar-refractivity contribution is -0.274. The fraction of sp³-hybridized carbons (Fsp3) is 0.257. The quantitative estimate of drug-likeness (QED) is 0.136. The molecule has 0 saturated carbocycles. The molecule has 9 nitrogen and oxygen atoms in total. The molecule has 1 atom stereocenters. The summed E-state index contributed by atoms with van der Waals surface area (Å²) >= 11 is 0. The van der Waals surface area contributed by atoms with Gasteiger partial charge in [0.1, 0.15) is 34.7 Å². The second-order valence-corrected chi connectivity index (χ2v) is 11.2. The fourth-order valence-electron chi connectivity index (χ4n) is 5.25. The van der Waals surface area contributed by atoms with Crippen molar-refractivity contribution in [2.75, 3.05) is 6.61 Å². The van der Waals surface area contributed by atoms with Crippen LogP contribution in [-0.4, -0.2) is 34.0 Å². The van der Waals surface area contributed by atoms with Crippen LogP contribution in [0.1, 0.15) is 53.1 Å². The van der Waals surface area contributed by atoms with Gasteiger partial charge in [-0.05, 0) is 104 Å². The number of amides is 1. The van der Waals surface area contributed by atoms with Crippen LogP contribution in [0.3, 0.4) is 0 Å². The third kappa shape index (κ3) is 8.66. The number of fused-ring (bicyclic) bond motifs is 1. The van der Waals surface area contributed by atoms with Crippen LogP contribution in [0.5, 0.6) is 23.0 Å². The molecule has 1 aliphatic carbocycles. The minimum absolute atomic E-state index is 0.158. The molecule has 2 aromatic heterocycles. The molecule has 0 aliphatic heterocycles. The summed E-state index contributed by atoms with van der Waals surface area (Å²) in [5.74, 6) is 2.08. The maximum absolute atomic E-state index is 13.4. The highest BCUT2D eigenvalue weighted by atomic mass is 19.4. The molecule has 3 aromatic carbocycles. The number of rotatable bonds is 12. The van der Waals surface area contributed by atoms with Gasteiger partial charge in [-0.3, -0.25) is 9.78 Å². The summed E-state index contributed by atoms with van der Waals surface area (Å²) in [7, 11) is 0. The van der Waals surface area contributed by atoms with Gasteiger partial charge in [0.2, 0.25) is 5.89 Å². The first-order valence-electron chi connectivity index (χ1n) is 15.1. The SMILES string of the molecule is Cc1noc([C@H](Cc2ccc(OCCC3CC=CC3)cc2)NC(=O)c2cc3cc(Oc4ccc(OC(F)(F)F)cc4)ccc3cn2)n1. The Morgan fingerprint density at radius 2 is 1.64 bits per heavy atom. The number of carbonyl (C=O) groups excluding carboxylic acids is 1. The average Bonchev–Trinajstić information content (AvgIpc) is 3.73. The van der Waals surface area contributed by atoms with Crippen molar-refractivity contribution in [3.8, 4) is 23.0 Å². The van der Waals surface area contributed by atoms with Gasteiger partial charge < -0.3 is 24.1 Å². The standard InChI is InChI=1S/C35H31F3N4O5/c1-22-40-34(47-42-22)32(18-24-6-9-27(10-7-24)44-17-16-23-4-2-3-5-23)41-33(43)31-20-26-19-30(11-8-25(26)21-39-31)45-28-12-14-29(15-13-28)46-35(36,37)38/h2-3,6-15,19-21,23,32H,4-5,16-18H2,1H3,(H,41,43)/t32-/m0/s1. The van der Waals surface area contributed by atoms with E-state index in [-0.39, 0.29) is 17.3 Å². The Labute approximate surface area is 268 Å². The van der Waals surface area contributed by atoms with Crippen molar-refractivity contribution in [2.45, 2.75) is 45.0 Å². The van der Waals surface area contributed by atoms with Crippen LogP contribution in [0.4, 0.5) is 13.2 Å². The minimum Gasteiger partial charge on any atom is -0.494 e. The molecule has 0 unspecified atom stereocenters. The highest BCUT2D eigenvalue weighted by Crippen LogP contribution is 2.30. The van der Waals surface area contributed by atoms with E-state index in [1.54, 1.807) is 37.4 Å². The van der Waals surface area contributed by atoms with E-state index < -0.39 is 18.3 Å². The number of nitrogens with zero attached hydrogens (tertiary/aromatic N) is 3. The molecule has 0 radical (unpaired) electrons. The number of alkyl halides is 3. The number of hydrogen-bond donors (Lipinski definition) is 1. The lowest BCUT2D eigenvalue weighted by atomic mass is 10.0. The zero-order valence-corrected chi connectivity index (χ0v) is 25.4. The molecule has 1 aliphatic rings. The first kappa shape index (κ1) is 31.6. The Bertz CT molecular complexity index is 1850. The van der Waals surface area contributed by atoms with Crippen LogP contribution in [0.15, 0.2) is 95.7 Å². The second kappa shape index (κ2) is 13.9. The third-order valence-corrected chi connectivity index (χ3v) is 7.63. The normalized spacial score (nSPS) is 13.9. The monoisotopic (exact) mass is 644 g/mol. The molecule has 1 amide bonds. The Balaban J connectivity index is 1.12. The largest absolute Gasteiger partial charge is 0.573 e. The van der Waals surface area contributed by atoms with E-state index in [2.05, 4.69) is 37.3 Å². The van der Waals surface area contributed by atoms with E-state index in [0.29, 0.717) is 41.7 Å². The number of pyridine rings is 1. The Morgan fingerprint density at radius 1 is 0.936 bits per heavy atom. The van der Waals surface area contributed by atoms with Gasteiger partial charge in [0.15, 0.2) is 5.82 Å². The number of nitrogens with one attached hydrogen (secondary N) is 1. The summed E-state index contributed by atoms with van der Waals surface area (Å²) in [6.45, 7) is 2.36. The molecular weight excluding hydrogens is 613 g/mol. The molecule has 242 valence electrons. The fourth-order valence-corrected chi connectivity index (χ4v) is 5.25. The van der Waals surface area contributed by atoms with Crippen LogP contribution < -0.4 is 19.5 Å². The van der Waals surface area contributed by atoms with Crippen molar-refractivity contribution < 1.29 is 36.7 Å². The number of halogens is 3. The van der Waals surface area contributed by atoms with Gasteiger partial charge in [0.25, 0.3) is 5.91 Å². The van der Waals surface area contributed by atoms with E-state index in [1.807, 2.05) is 24.3 Å². The molecule has 47 heavy (non-hydrogen) atoms. The van der Waals surface area contributed by atoms with Crippen LogP contribution in [-0.2, 0) is 6.42 Å². The first-order chi connectivity index (χ1) is 22.7. The van der Waals surface area contributed by atoms with Crippen molar-refractivity contribution in [2.24, 2.45) is 5.92 Å². The molecule has 12 heteroatoms. The smallest absolute Gasteiger partial charge is 0.494 e. The molecule has 0 spiro atoms. The number of ether oxygens (including phenoxy) is 3. The van der Waals surface area contributed by atoms with E-state index in [1.165, 1.54) is 12.1 Å². The van der Waals surface area contributed by atoms with E-state index in [0.717, 1.165) is 48.1 Å². The summed E-state index contributed by atoms with van der Waals surface area (Å²) in [6.07, 6.45) is 4.85. The number of aromatic nitrogens is 3. The molecule has 0 saturated heterocycles. The number of benzene rings is 3. The summed E-state index contributed by atoms with van der Waals surface area (Å²) in [5, 5.41) is 8.30. The topological polar surface area (TPSA) is 109 Å². The van der Waals surface area contributed by atoms with Gasteiger partial charge in [-0.15, -0.1) is 13.2 Å². The van der Waals surface area contributed by atoms with Crippen molar-refractivity contribution >= 4 is 16.7 Å². The van der Waals surface area contributed by atoms with Gasteiger partial charge in [0, 0.05) is 18.0 Å². The number of aryl methyl sites for hydroxylation is 1. The molecule has 6 rings (SSSR count). The first-order valence-corrected chi connectivity index (χ1v) is 15.1. The predicted molar refractivity (Wildman–Crippen MR) is 166 cm³/mol. The van der Waals surface area contributed by atoms with Crippen molar-refractivity contribution in [1.29, 1.82) is 0 Å².